The molecule has 1 saturated heterocycles. The summed E-state index contributed by atoms with van der Waals surface area (Å²) >= 11 is 0. The Hall–Kier alpha value is -0.0800. The van der Waals surface area contributed by atoms with Crippen LogP contribution in [-0.2, 0) is 0 Å². The van der Waals surface area contributed by atoms with Crippen molar-refractivity contribution in [3.05, 3.63) is 0 Å². The smallest absolute Gasteiger partial charge is 0.00962 e. The first-order valence-corrected chi connectivity index (χ1v) is 6.68. The van der Waals surface area contributed by atoms with Crippen molar-refractivity contribution < 1.29 is 0 Å². The van der Waals surface area contributed by atoms with E-state index in [0.29, 0.717) is 0 Å². The minimum atomic E-state index is 0.848. The van der Waals surface area contributed by atoms with E-state index in [9.17, 15) is 0 Å². The van der Waals surface area contributed by atoms with Gasteiger partial charge in [0.25, 0.3) is 0 Å². The summed E-state index contributed by atoms with van der Waals surface area (Å²) < 4.78 is 0. The molecule has 1 aliphatic rings. The summed E-state index contributed by atoms with van der Waals surface area (Å²) in [6.07, 6.45) is 8.07. The lowest BCUT2D eigenvalue weighted by Crippen LogP contribution is -2.30. The van der Waals surface area contributed by atoms with Crippen molar-refractivity contribution >= 4 is 0 Å². The monoisotopic (exact) mass is 212 g/mol. The summed E-state index contributed by atoms with van der Waals surface area (Å²) in [7, 11) is 0. The molecule has 0 spiro atoms. The minimum Gasteiger partial charge on any atom is -0.330 e. The number of nitrogens with two attached hydrogens (primary N) is 1. The Labute approximate surface area is 95.2 Å². The molecular formula is C13H28N2. The van der Waals surface area contributed by atoms with Crippen LogP contribution in [0.5, 0.6) is 0 Å². The first kappa shape index (κ1) is 13.0. The molecule has 2 nitrogen and oxygen atoms in total. The van der Waals surface area contributed by atoms with Crippen LogP contribution >= 0.6 is 0 Å². The van der Waals surface area contributed by atoms with Crippen molar-refractivity contribution in [3.8, 4) is 0 Å². The fourth-order valence-corrected chi connectivity index (χ4v) is 2.57. The average Bonchev–Trinajstić information content (AvgIpc) is 2.62. The molecule has 0 amide bonds. The number of rotatable bonds is 7. The SMILES string of the molecule is CC(C)CCCN1CCCC1CCCN. The molecule has 2 N–H and O–H groups in total. The molecule has 0 aromatic carbocycles. The maximum Gasteiger partial charge on any atom is 0.00962 e. The highest BCUT2D eigenvalue weighted by Crippen LogP contribution is 2.21. The van der Waals surface area contributed by atoms with Crippen LogP contribution in [0.3, 0.4) is 0 Å². The Morgan fingerprint density at radius 1 is 1.33 bits per heavy atom. The highest BCUT2D eigenvalue weighted by Gasteiger charge is 2.22. The lowest BCUT2D eigenvalue weighted by molar-refractivity contribution is 0.232. The molecule has 1 atom stereocenters. The second-order valence-corrected chi connectivity index (χ2v) is 5.30. The Kier molecular flexibility index (Phi) is 6.26. The second-order valence-electron chi connectivity index (χ2n) is 5.30. The molecule has 1 rings (SSSR count). The zero-order valence-corrected chi connectivity index (χ0v) is 10.5. The molecule has 1 unspecified atom stereocenters. The third-order valence-corrected chi connectivity index (χ3v) is 3.47. The molecule has 0 saturated carbocycles. The van der Waals surface area contributed by atoms with Gasteiger partial charge < -0.3 is 10.6 Å². The van der Waals surface area contributed by atoms with Crippen LogP contribution in [0.1, 0.15) is 52.4 Å². The lowest BCUT2D eigenvalue weighted by atomic mass is 10.1. The Bertz CT molecular complexity index is 157. The molecule has 0 aromatic rings. The quantitative estimate of drug-likeness (QED) is 0.703. The fourth-order valence-electron chi connectivity index (χ4n) is 2.57. The zero-order valence-electron chi connectivity index (χ0n) is 10.5. The maximum atomic E-state index is 5.57. The summed E-state index contributed by atoms with van der Waals surface area (Å²) in [5.74, 6) is 0.857. The number of nitrogens with zero attached hydrogens (tertiary/aromatic N) is 1. The van der Waals surface area contributed by atoms with Gasteiger partial charge >= 0.3 is 0 Å². The van der Waals surface area contributed by atoms with E-state index in [-0.39, 0.29) is 0 Å². The molecule has 2 heteroatoms. The molecule has 1 heterocycles. The van der Waals surface area contributed by atoms with E-state index in [0.717, 1.165) is 18.5 Å². The van der Waals surface area contributed by atoms with Crippen molar-refractivity contribution in [1.29, 1.82) is 0 Å². The predicted octanol–water partition coefficient (Wildman–Crippen LogP) is 2.63. The molecule has 0 aliphatic carbocycles. The largest absolute Gasteiger partial charge is 0.330 e. The van der Waals surface area contributed by atoms with E-state index < -0.39 is 0 Å². The standard InChI is InChI=1S/C13H28N2/c1-12(2)6-4-10-15-11-5-8-13(15)7-3-9-14/h12-13H,3-11,14H2,1-2H3. The third-order valence-electron chi connectivity index (χ3n) is 3.47. The van der Waals surface area contributed by atoms with E-state index in [1.807, 2.05) is 0 Å². The lowest BCUT2D eigenvalue weighted by Gasteiger charge is -2.24. The van der Waals surface area contributed by atoms with E-state index in [4.69, 9.17) is 5.73 Å². The van der Waals surface area contributed by atoms with Crippen LogP contribution in [0.4, 0.5) is 0 Å². The van der Waals surface area contributed by atoms with Gasteiger partial charge in [-0.15, -0.1) is 0 Å². The second kappa shape index (κ2) is 7.24. The number of likely N-dealkylation sites (tertiary alicyclic amines) is 1. The molecule has 1 fully saturated rings. The summed E-state index contributed by atoms with van der Waals surface area (Å²) in [5, 5.41) is 0. The molecule has 1 aliphatic heterocycles. The maximum absolute atomic E-state index is 5.57. The zero-order chi connectivity index (χ0) is 11.1. The molecule has 0 bridgehead atoms. The van der Waals surface area contributed by atoms with Gasteiger partial charge in [-0.2, -0.15) is 0 Å². The van der Waals surface area contributed by atoms with Gasteiger partial charge in [-0.05, 0) is 64.1 Å². The normalized spacial score (nSPS) is 22.8. The molecular weight excluding hydrogens is 184 g/mol. The van der Waals surface area contributed by atoms with Gasteiger partial charge in [-0.25, -0.2) is 0 Å². The summed E-state index contributed by atoms with van der Waals surface area (Å²) in [6, 6.07) is 0.848. The minimum absolute atomic E-state index is 0.848. The summed E-state index contributed by atoms with van der Waals surface area (Å²) in [6.45, 7) is 8.13. The van der Waals surface area contributed by atoms with Crippen molar-refractivity contribution in [2.24, 2.45) is 11.7 Å². The highest BCUT2D eigenvalue weighted by atomic mass is 15.2. The van der Waals surface area contributed by atoms with Gasteiger partial charge in [-0.1, -0.05) is 13.8 Å². The average molecular weight is 212 g/mol. The first-order chi connectivity index (χ1) is 7.24. The molecule has 90 valence electrons. The Balaban J connectivity index is 2.15. The van der Waals surface area contributed by atoms with Gasteiger partial charge in [-0.3, -0.25) is 0 Å². The van der Waals surface area contributed by atoms with Crippen LogP contribution in [0.25, 0.3) is 0 Å². The van der Waals surface area contributed by atoms with E-state index in [1.54, 1.807) is 0 Å². The van der Waals surface area contributed by atoms with Gasteiger partial charge in [0.1, 0.15) is 0 Å². The topological polar surface area (TPSA) is 29.3 Å². The van der Waals surface area contributed by atoms with Crippen LogP contribution in [0, 0.1) is 5.92 Å². The van der Waals surface area contributed by atoms with Crippen molar-refractivity contribution in [2.45, 2.75) is 58.4 Å². The number of hydrogen-bond donors (Lipinski definition) is 1. The van der Waals surface area contributed by atoms with Gasteiger partial charge in [0.15, 0.2) is 0 Å². The Morgan fingerprint density at radius 3 is 2.80 bits per heavy atom. The van der Waals surface area contributed by atoms with Crippen LogP contribution in [0.2, 0.25) is 0 Å². The molecule has 0 radical (unpaired) electrons. The predicted molar refractivity (Wildman–Crippen MR) is 67.0 cm³/mol. The summed E-state index contributed by atoms with van der Waals surface area (Å²) in [5.41, 5.74) is 5.57. The first-order valence-electron chi connectivity index (χ1n) is 6.68. The van der Waals surface area contributed by atoms with Gasteiger partial charge in [0.2, 0.25) is 0 Å². The van der Waals surface area contributed by atoms with E-state index in [2.05, 4.69) is 18.7 Å². The fraction of sp³-hybridized carbons (Fsp3) is 1.00. The van der Waals surface area contributed by atoms with E-state index >= 15 is 0 Å². The van der Waals surface area contributed by atoms with Gasteiger partial charge in [0.05, 0.1) is 0 Å². The van der Waals surface area contributed by atoms with Gasteiger partial charge in [0, 0.05) is 6.04 Å². The van der Waals surface area contributed by atoms with Crippen LogP contribution in [-0.4, -0.2) is 30.6 Å². The Morgan fingerprint density at radius 2 is 2.13 bits per heavy atom. The van der Waals surface area contributed by atoms with Crippen molar-refractivity contribution in [2.75, 3.05) is 19.6 Å². The van der Waals surface area contributed by atoms with E-state index in [1.165, 1.54) is 51.6 Å². The van der Waals surface area contributed by atoms with Crippen molar-refractivity contribution in [1.82, 2.24) is 4.90 Å². The van der Waals surface area contributed by atoms with Crippen molar-refractivity contribution in [3.63, 3.8) is 0 Å². The van der Waals surface area contributed by atoms with Crippen LogP contribution in [0.15, 0.2) is 0 Å². The highest BCUT2D eigenvalue weighted by molar-refractivity contribution is 4.79. The molecule has 15 heavy (non-hydrogen) atoms. The third kappa shape index (κ3) is 4.98. The van der Waals surface area contributed by atoms with Crippen LogP contribution < -0.4 is 5.73 Å². The number of hydrogen-bond acceptors (Lipinski definition) is 2. The summed E-state index contributed by atoms with van der Waals surface area (Å²) in [4.78, 5) is 2.69. The molecule has 0 aromatic heterocycles.